The van der Waals surface area contributed by atoms with E-state index in [0.29, 0.717) is 0 Å². The van der Waals surface area contributed by atoms with Gasteiger partial charge in [-0.3, -0.25) is 0 Å². The summed E-state index contributed by atoms with van der Waals surface area (Å²) in [4.78, 5) is 2.38. The summed E-state index contributed by atoms with van der Waals surface area (Å²) in [5.74, 6) is 0. The molecule has 0 fully saturated rings. The van der Waals surface area contributed by atoms with Crippen molar-refractivity contribution in [3.8, 4) is 0 Å². The Morgan fingerprint density at radius 3 is 1.10 bits per heavy atom. The molecular formula is C8H20BrN. The van der Waals surface area contributed by atoms with Crippen LogP contribution in [0.5, 0.6) is 0 Å². The molecule has 2 heteroatoms. The molecule has 0 bridgehead atoms. The number of halogens is 1. The number of hydrogen-bond donors (Lipinski definition) is 0. The number of alkyl halides is 1. The van der Waals surface area contributed by atoms with Crippen LogP contribution >= 0.6 is 15.9 Å². The van der Waals surface area contributed by atoms with Crippen LogP contribution in [0.15, 0.2) is 0 Å². The van der Waals surface area contributed by atoms with Crippen molar-refractivity contribution >= 4 is 15.9 Å². The van der Waals surface area contributed by atoms with Gasteiger partial charge in [-0.25, -0.2) is 0 Å². The lowest BCUT2D eigenvalue weighted by atomic mass is 10.5. The van der Waals surface area contributed by atoms with Crippen molar-refractivity contribution in [3.05, 3.63) is 0 Å². The van der Waals surface area contributed by atoms with Gasteiger partial charge in [0.05, 0.1) is 0 Å². The van der Waals surface area contributed by atoms with Gasteiger partial charge in [0.1, 0.15) is 0 Å². The van der Waals surface area contributed by atoms with Gasteiger partial charge in [0.15, 0.2) is 0 Å². The molecule has 0 aromatic carbocycles. The first-order chi connectivity index (χ1) is 4.76. The van der Waals surface area contributed by atoms with Crippen molar-refractivity contribution in [2.45, 2.75) is 27.7 Å². The molecule has 0 atom stereocenters. The molecule has 0 aliphatic rings. The van der Waals surface area contributed by atoms with Gasteiger partial charge in [-0.1, -0.05) is 43.6 Å². The highest BCUT2D eigenvalue weighted by atomic mass is 79.9. The Balaban J connectivity index is 0. The van der Waals surface area contributed by atoms with E-state index in [1.807, 2.05) is 6.92 Å². The van der Waals surface area contributed by atoms with Crippen molar-refractivity contribution in [2.24, 2.45) is 0 Å². The minimum Gasteiger partial charge on any atom is -0.304 e. The van der Waals surface area contributed by atoms with Gasteiger partial charge in [0.25, 0.3) is 0 Å². The molecule has 10 heavy (non-hydrogen) atoms. The maximum atomic E-state index is 3.15. The molecule has 0 unspecified atom stereocenters. The second kappa shape index (κ2) is 12.1. The molecule has 0 saturated carbocycles. The lowest BCUT2D eigenvalue weighted by Gasteiger charge is -2.13. The fourth-order valence-corrected chi connectivity index (χ4v) is 0.671. The third-order valence-electron chi connectivity index (χ3n) is 1.34. The van der Waals surface area contributed by atoms with E-state index in [0.717, 1.165) is 5.33 Å². The molecule has 0 radical (unpaired) electrons. The normalized spacial score (nSPS) is 9.00. The average Bonchev–Trinajstić information content (AvgIpc) is 1.93. The molecule has 1 nitrogen and oxygen atoms in total. The second-order valence-electron chi connectivity index (χ2n) is 1.89. The maximum Gasteiger partial charge on any atom is 0.000281 e. The smallest absolute Gasteiger partial charge is 0.000281 e. The summed E-state index contributed by atoms with van der Waals surface area (Å²) in [6.45, 7) is 12.2. The number of nitrogens with zero attached hydrogens (tertiary/aromatic N) is 1. The minimum atomic E-state index is 1.06. The van der Waals surface area contributed by atoms with Gasteiger partial charge >= 0.3 is 0 Å². The van der Waals surface area contributed by atoms with E-state index in [1.54, 1.807) is 0 Å². The highest BCUT2D eigenvalue weighted by Gasteiger charge is 1.89. The highest BCUT2D eigenvalue weighted by molar-refractivity contribution is 9.09. The van der Waals surface area contributed by atoms with Gasteiger partial charge in [0, 0.05) is 5.33 Å². The highest BCUT2D eigenvalue weighted by Crippen LogP contribution is 1.81. The van der Waals surface area contributed by atoms with E-state index in [-0.39, 0.29) is 0 Å². The first-order valence-electron chi connectivity index (χ1n) is 4.04. The molecule has 0 aliphatic heterocycles. The maximum absolute atomic E-state index is 3.15. The molecule has 0 saturated heterocycles. The lowest BCUT2D eigenvalue weighted by molar-refractivity contribution is 0.321. The van der Waals surface area contributed by atoms with E-state index < -0.39 is 0 Å². The fourth-order valence-electron chi connectivity index (χ4n) is 0.671. The van der Waals surface area contributed by atoms with Crippen LogP contribution in [0, 0.1) is 0 Å². The third-order valence-corrected chi connectivity index (χ3v) is 1.34. The summed E-state index contributed by atoms with van der Waals surface area (Å²) in [5.41, 5.74) is 0. The standard InChI is InChI=1S/C6H15N.C2H5Br/c1-4-7(5-2)6-3;1-2-3/h4-6H2,1-3H3;2H2,1H3. The van der Waals surface area contributed by atoms with Crippen molar-refractivity contribution in [3.63, 3.8) is 0 Å². The van der Waals surface area contributed by atoms with Crippen LogP contribution in [0.2, 0.25) is 0 Å². The average molecular weight is 210 g/mol. The third kappa shape index (κ3) is 11.3. The molecule has 0 N–H and O–H groups in total. The quantitative estimate of drug-likeness (QED) is 0.647. The Hall–Kier alpha value is 0.440. The van der Waals surface area contributed by atoms with Gasteiger partial charge < -0.3 is 4.90 Å². The molecular weight excluding hydrogens is 190 g/mol. The van der Waals surface area contributed by atoms with Crippen LogP contribution in [0.25, 0.3) is 0 Å². The summed E-state index contributed by atoms with van der Waals surface area (Å²) in [5, 5.41) is 1.06. The predicted molar refractivity (Wildman–Crippen MR) is 52.9 cm³/mol. The van der Waals surface area contributed by atoms with Crippen LogP contribution in [0.4, 0.5) is 0 Å². The van der Waals surface area contributed by atoms with Crippen LogP contribution in [-0.4, -0.2) is 29.9 Å². The molecule has 0 heterocycles. The largest absolute Gasteiger partial charge is 0.304 e. The summed E-state index contributed by atoms with van der Waals surface area (Å²) >= 11 is 3.15. The lowest BCUT2D eigenvalue weighted by Crippen LogP contribution is -2.21. The van der Waals surface area contributed by atoms with E-state index in [1.165, 1.54) is 19.6 Å². The zero-order valence-corrected chi connectivity index (χ0v) is 9.24. The van der Waals surface area contributed by atoms with Gasteiger partial charge in [-0.05, 0) is 19.6 Å². The summed E-state index contributed by atoms with van der Waals surface area (Å²) < 4.78 is 0. The Morgan fingerprint density at radius 1 is 0.900 bits per heavy atom. The first-order valence-corrected chi connectivity index (χ1v) is 5.17. The first kappa shape index (κ1) is 13.1. The zero-order chi connectivity index (χ0) is 8.41. The molecule has 0 aromatic heterocycles. The minimum absolute atomic E-state index is 1.06. The van der Waals surface area contributed by atoms with Crippen molar-refractivity contribution < 1.29 is 0 Å². The molecule has 0 amide bonds. The van der Waals surface area contributed by atoms with E-state index in [9.17, 15) is 0 Å². The monoisotopic (exact) mass is 209 g/mol. The number of hydrogen-bond acceptors (Lipinski definition) is 1. The van der Waals surface area contributed by atoms with Crippen LogP contribution in [0.3, 0.4) is 0 Å². The van der Waals surface area contributed by atoms with Gasteiger partial charge in [-0.15, -0.1) is 0 Å². The topological polar surface area (TPSA) is 3.24 Å². The van der Waals surface area contributed by atoms with E-state index in [4.69, 9.17) is 0 Å². The van der Waals surface area contributed by atoms with Gasteiger partial charge in [0.2, 0.25) is 0 Å². The Kier molecular flexibility index (Phi) is 15.9. The second-order valence-corrected chi connectivity index (χ2v) is 3.01. The fraction of sp³-hybridized carbons (Fsp3) is 1.00. The number of rotatable bonds is 3. The van der Waals surface area contributed by atoms with E-state index in [2.05, 4.69) is 41.6 Å². The molecule has 0 rings (SSSR count). The van der Waals surface area contributed by atoms with Crippen LogP contribution in [-0.2, 0) is 0 Å². The Labute approximate surface area is 73.9 Å². The summed E-state index contributed by atoms with van der Waals surface area (Å²) in [6.07, 6.45) is 0. The Bertz CT molecular complexity index is 39.0. The molecule has 0 spiro atoms. The molecule has 0 aromatic rings. The summed E-state index contributed by atoms with van der Waals surface area (Å²) in [7, 11) is 0. The van der Waals surface area contributed by atoms with Crippen molar-refractivity contribution in [2.75, 3.05) is 25.0 Å². The Morgan fingerprint density at radius 2 is 1.10 bits per heavy atom. The molecule has 64 valence electrons. The predicted octanol–water partition coefficient (Wildman–Crippen LogP) is 2.75. The summed E-state index contributed by atoms with van der Waals surface area (Å²) in [6, 6.07) is 0. The van der Waals surface area contributed by atoms with Crippen molar-refractivity contribution in [1.82, 2.24) is 4.90 Å². The SMILES string of the molecule is CCBr.CCN(CC)CC. The van der Waals surface area contributed by atoms with Gasteiger partial charge in [-0.2, -0.15) is 0 Å². The van der Waals surface area contributed by atoms with Crippen LogP contribution < -0.4 is 0 Å². The van der Waals surface area contributed by atoms with E-state index >= 15 is 0 Å². The molecule has 0 aliphatic carbocycles. The van der Waals surface area contributed by atoms with Crippen molar-refractivity contribution in [1.29, 1.82) is 0 Å². The zero-order valence-electron chi connectivity index (χ0n) is 7.65. The van der Waals surface area contributed by atoms with Crippen LogP contribution in [0.1, 0.15) is 27.7 Å².